The van der Waals surface area contributed by atoms with Gasteiger partial charge in [-0.15, -0.1) is 11.3 Å². The Bertz CT molecular complexity index is 771. The predicted octanol–water partition coefficient (Wildman–Crippen LogP) is 5.64. The molecule has 0 fully saturated rings. The molecular formula is C21H24N2S. The Hall–Kier alpha value is -2.13. The Morgan fingerprint density at radius 2 is 1.46 bits per heavy atom. The van der Waals surface area contributed by atoms with Gasteiger partial charge in [0.15, 0.2) is 5.13 Å². The molecule has 0 aliphatic carbocycles. The Balaban J connectivity index is 1.81. The van der Waals surface area contributed by atoms with E-state index in [-0.39, 0.29) is 5.41 Å². The minimum atomic E-state index is 0.0489. The summed E-state index contributed by atoms with van der Waals surface area (Å²) >= 11 is 1.78. The molecule has 1 N–H and O–H groups in total. The lowest BCUT2D eigenvalue weighted by atomic mass is 9.90. The minimum absolute atomic E-state index is 0.0489. The van der Waals surface area contributed by atoms with E-state index in [0.717, 1.165) is 18.1 Å². The maximum atomic E-state index is 4.90. The molecule has 0 radical (unpaired) electrons. The van der Waals surface area contributed by atoms with Crippen LogP contribution in [0, 0.1) is 0 Å². The number of thiazole rings is 1. The molecule has 0 saturated carbocycles. The van der Waals surface area contributed by atoms with Crippen LogP contribution in [-0.2, 0) is 18.4 Å². The zero-order valence-electron chi connectivity index (χ0n) is 14.5. The molecule has 124 valence electrons. The highest BCUT2D eigenvalue weighted by Crippen LogP contribution is 2.33. The van der Waals surface area contributed by atoms with E-state index in [1.165, 1.54) is 21.7 Å². The third-order valence-corrected chi connectivity index (χ3v) is 4.91. The number of benzene rings is 2. The first-order valence-corrected chi connectivity index (χ1v) is 9.16. The molecule has 0 atom stereocenters. The van der Waals surface area contributed by atoms with E-state index in [2.05, 4.69) is 80.7 Å². The first kappa shape index (κ1) is 16.7. The molecule has 0 aliphatic heterocycles. The Labute approximate surface area is 148 Å². The molecule has 24 heavy (non-hydrogen) atoms. The normalized spacial score (nSPS) is 11.5. The number of anilines is 1. The van der Waals surface area contributed by atoms with Crippen LogP contribution >= 0.6 is 11.3 Å². The summed E-state index contributed by atoms with van der Waals surface area (Å²) in [5.74, 6) is 0. The summed E-state index contributed by atoms with van der Waals surface area (Å²) in [5, 5.41) is 4.50. The molecule has 3 aromatic rings. The van der Waals surface area contributed by atoms with Crippen molar-refractivity contribution in [2.24, 2.45) is 0 Å². The summed E-state index contributed by atoms with van der Waals surface area (Å²) in [5.41, 5.74) is 3.86. The Morgan fingerprint density at radius 1 is 0.875 bits per heavy atom. The molecule has 0 amide bonds. The van der Waals surface area contributed by atoms with Gasteiger partial charge in [0, 0.05) is 23.3 Å². The molecule has 2 aromatic carbocycles. The summed E-state index contributed by atoms with van der Waals surface area (Å²) in [6.45, 7) is 7.51. The molecule has 0 bridgehead atoms. The van der Waals surface area contributed by atoms with Crippen LogP contribution in [0.2, 0.25) is 0 Å². The summed E-state index contributed by atoms with van der Waals surface area (Å²) in [6.07, 6.45) is 0.943. The zero-order chi connectivity index (χ0) is 17.0. The van der Waals surface area contributed by atoms with Crippen molar-refractivity contribution >= 4 is 16.5 Å². The van der Waals surface area contributed by atoms with Crippen molar-refractivity contribution in [1.29, 1.82) is 0 Å². The number of aromatic nitrogens is 1. The standard InChI is InChI=1S/C21H24N2S/c1-21(2,3)19-18(14-16-10-6-4-7-11-16)24-20(23-19)22-15-17-12-8-5-9-13-17/h4-13H,14-15H2,1-3H3,(H,22,23). The van der Waals surface area contributed by atoms with Gasteiger partial charge in [0.05, 0.1) is 5.69 Å². The average Bonchev–Trinajstić information content (AvgIpc) is 2.98. The summed E-state index contributed by atoms with van der Waals surface area (Å²) in [7, 11) is 0. The van der Waals surface area contributed by atoms with Crippen LogP contribution in [0.3, 0.4) is 0 Å². The summed E-state index contributed by atoms with van der Waals surface area (Å²) < 4.78 is 0. The highest BCUT2D eigenvalue weighted by Gasteiger charge is 2.23. The molecule has 0 saturated heterocycles. The lowest BCUT2D eigenvalue weighted by molar-refractivity contribution is 0.568. The largest absolute Gasteiger partial charge is 0.357 e. The van der Waals surface area contributed by atoms with Crippen molar-refractivity contribution in [3.8, 4) is 0 Å². The van der Waals surface area contributed by atoms with E-state index < -0.39 is 0 Å². The van der Waals surface area contributed by atoms with Gasteiger partial charge in [0.2, 0.25) is 0 Å². The van der Waals surface area contributed by atoms with Gasteiger partial charge < -0.3 is 5.32 Å². The highest BCUT2D eigenvalue weighted by molar-refractivity contribution is 7.15. The van der Waals surface area contributed by atoms with Crippen molar-refractivity contribution in [3.05, 3.63) is 82.4 Å². The smallest absolute Gasteiger partial charge is 0.183 e. The van der Waals surface area contributed by atoms with Crippen LogP contribution in [0.5, 0.6) is 0 Å². The summed E-state index contributed by atoms with van der Waals surface area (Å²) in [4.78, 5) is 6.25. The van der Waals surface area contributed by atoms with E-state index in [1.807, 2.05) is 6.07 Å². The number of nitrogens with zero attached hydrogens (tertiary/aromatic N) is 1. The number of nitrogens with one attached hydrogen (secondary N) is 1. The van der Waals surface area contributed by atoms with Crippen molar-refractivity contribution in [2.45, 2.75) is 39.2 Å². The third kappa shape index (κ3) is 4.24. The topological polar surface area (TPSA) is 24.9 Å². The van der Waals surface area contributed by atoms with Gasteiger partial charge in [-0.25, -0.2) is 4.98 Å². The quantitative estimate of drug-likeness (QED) is 0.652. The Kier molecular flexibility index (Phi) is 5.00. The van der Waals surface area contributed by atoms with Gasteiger partial charge in [0.1, 0.15) is 0 Å². The summed E-state index contributed by atoms with van der Waals surface area (Å²) in [6, 6.07) is 21.1. The molecule has 0 aliphatic rings. The second kappa shape index (κ2) is 7.18. The van der Waals surface area contributed by atoms with E-state index in [4.69, 9.17) is 4.98 Å². The van der Waals surface area contributed by atoms with E-state index >= 15 is 0 Å². The number of hydrogen-bond acceptors (Lipinski definition) is 3. The first-order chi connectivity index (χ1) is 11.5. The van der Waals surface area contributed by atoms with E-state index in [1.54, 1.807) is 11.3 Å². The van der Waals surface area contributed by atoms with Crippen molar-refractivity contribution in [1.82, 2.24) is 4.98 Å². The van der Waals surface area contributed by atoms with Crippen molar-refractivity contribution in [2.75, 3.05) is 5.32 Å². The fourth-order valence-corrected chi connectivity index (χ4v) is 3.89. The SMILES string of the molecule is CC(C)(C)c1nc(NCc2ccccc2)sc1Cc1ccccc1. The molecule has 3 rings (SSSR count). The number of hydrogen-bond donors (Lipinski definition) is 1. The van der Waals surface area contributed by atoms with Crippen LogP contribution in [0.25, 0.3) is 0 Å². The third-order valence-electron chi connectivity index (χ3n) is 3.90. The second-order valence-electron chi connectivity index (χ2n) is 7.04. The minimum Gasteiger partial charge on any atom is -0.357 e. The zero-order valence-corrected chi connectivity index (χ0v) is 15.4. The molecule has 1 heterocycles. The lowest BCUT2D eigenvalue weighted by Gasteiger charge is -2.17. The van der Waals surface area contributed by atoms with Gasteiger partial charge in [-0.3, -0.25) is 0 Å². The lowest BCUT2D eigenvalue weighted by Crippen LogP contribution is -2.14. The fraction of sp³-hybridized carbons (Fsp3) is 0.286. The van der Waals surface area contributed by atoms with E-state index in [0.29, 0.717) is 0 Å². The van der Waals surface area contributed by atoms with Gasteiger partial charge in [0.25, 0.3) is 0 Å². The first-order valence-electron chi connectivity index (χ1n) is 8.34. The Morgan fingerprint density at radius 3 is 2.04 bits per heavy atom. The van der Waals surface area contributed by atoms with Gasteiger partial charge in [-0.2, -0.15) is 0 Å². The van der Waals surface area contributed by atoms with Crippen LogP contribution in [0.1, 0.15) is 42.5 Å². The molecular weight excluding hydrogens is 312 g/mol. The van der Waals surface area contributed by atoms with Crippen LogP contribution in [0.15, 0.2) is 60.7 Å². The second-order valence-corrected chi connectivity index (χ2v) is 8.13. The predicted molar refractivity (Wildman–Crippen MR) is 104 cm³/mol. The van der Waals surface area contributed by atoms with Gasteiger partial charge in [-0.1, -0.05) is 81.4 Å². The van der Waals surface area contributed by atoms with Crippen LogP contribution in [-0.4, -0.2) is 4.98 Å². The van der Waals surface area contributed by atoms with Crippen LogP contribution < -0.4 is 5.32 Å². The fourth-order valence-electron chi connectivity index (χ4n) is 2.69. The van der Waals surface area contributed by atoms with Crippen LogP contribution in [0.4, 0.5) is 5.13 Å². The molecule has 2 nitrogen and oxygen atoms in total. The van der Waals surface area contributed by atoms with Crippen molar-refractivity contribution in [3.63, 3.8) is 0 Å². The molecule has 0 spiro atoms. The maximum Gasteiger partial charge on any atom is 0.183 e. The van der Waals surface area contributed by atoms with Gasteiger partial charge >= 0.3 is 0 Å². The monoisotopic (exact) mass is 336 g/mol. The molecule has 0 unspecified atom stereocenters. The van der Waals surface area contributed by atoms with Gasteiger partial charge in [-0.05, 0) is 11.1 Å². The van der Waals surface area contributed by atoms with Crippen molar-refractivity contribution < 1.29 is 0 Å². The maximum absolute atomic E-state index is 4.90. The molecule has 3 heteroatoms. The highest BCUT2D eigenvalue weighted by atomic mass is 32.1. The van der Waals surface area contributed by atoms with E-state index in [9.17, 15) is 0 Å². The molecule has 1 aromatic heterocycles. The average molecular weight is 337 g/mol. The number of rotatable bonds is 5.